The molecule has 0 aliphatic heterocycles. The summed E-state index contributed by atoms with van der Waals surface area (Å²) in [6, 6.07) is 25.8. The molecule has 302 valence electrons. The highest BCUT2D eigenvalue weighted by Gasteiger charge is 2.15. The van der Waals surface area contributed by atoms with Crippen molar-refractivity contribution in [1.29, 1.82) is 0 Å². The van der Waals surface area contributed by atoms with E-state index in [1.165, 1.54) is 5.56 Å². The summed E-state index contributed by atoms with van der Waals surface area (Å²) in [5, 5.41) is 47.5. The largest absolute Gasteiger partial charge is 0.508 e. The molecule has 57 heavy (non-hydrogen) atoms. The van der Waals surface area contributed by atoms with Gasteiger partial charge in [-0.25, -0.2) is 9.59 Å². The van der Waals surface area contributed by atoms with Gasteiger partial charge in [0, 0.05) is 37.2 Å². The average molecular weight is 779 g/mol. The van der Waals surface area contributed by atoms with Crippen LogP contribution < -0.4 is 16.0 Å². The Morgan fingerprint density at radius 2 is 0.877 bits per heavy atom. The lowest BCUT2D eigenvalue weighted by molar-refractivity contribution is 0.284. The fourth-order valence-electron chi connectivity index (χ4n) is 6.96. The number of hydrogen-bond acceptors (Lipinski definition) is 10. The van der Waals surface area contributed by atoms with E-state index < -0.39 is 5.63 Å². The Morgan fingerprint density at radius 1 is 0.491 bits per heavy atom. The molecule has 10 heteroatoms. The lowest BCUT2D eigenvalue weighted by atomic mass is 9.97. The molecule has 2 heterocycles. The minimum atomic E-state index is -0.408. The molecule has 0 aliphatic carbocycles. The van der Waals surface area contributed by atoms with Crippen molar-refractivity contribution in [3.63, 3.8) is 0 Å². The van der Waals surface area contributed by atoms with Gasteiger partial charge in [0.25, 0.3) is 0 Å². The van der Waals surface area contributed by atoms with Crippen LogP contribution in [0.2, 0.25) is 0 Å². The van der Waals surface area contributed by atoms with Crippen LogP contribution in [0, 0.1) is 0 Å². The van der Waals surface area contributed by atoms with Gasteiger partial charge in [-0.15, -0.1) is 0 Å². The Hall–Kier alpha value is -5.26. The lowest BCUT2D eigenvalue weighted by Gasteiger charge is -2.11. The molecule has 2 aromatic heterocycles. The smallest absolute Gasteiger partial charge is 0.344 e. The number of benzene rings is 4. The molecule has 0 spiro atoms. The first-order chi connectivity index (χ1) is 27.8. The van der Waals surface area contributed by atoms with Crippen LogP contribution in [0.5, 0.6) is 11.5 Å². The van der Waals surface area contributed by atoms with Gasteiger partial charge in [-0.1, -0.05) is 36.4 Å². The first kappa shape index (κ1) is 42.9. The molecule has 0 amide bonds. The predicted octanol–water partition coefficient (Wildman–Crippen LogP) is 7.89. The number of aryl methyl sites for hydroxylation is 4. The summed E-state index contributed by atoms with van der Waals surface area (Å²) in [7, 11) is 1.61. The molecule has 4 aromatic carbocycles. The van der Waals surface area contributed by atoms with E-state index in [0.717, 1.165) is 103 Å². The van der Waals surface area contributed by atoms with Gasteiger partial charge in [0.05, 0.1) is 18.2 Å². The van der Waals surface area contributed by atoms with Gasteiger partial charge < -0.3 is 39.1 Å². The minimum Gasteiger partial charge on any atom is -0.508 e. The number of ether oxygens (including phenoxy) is 1. The number of rotatable bonds is 19. The standard InChI is InChI=1S/C24H28O5.C23H26O5/c1-28-21-10-8-18(9-11-21)22-16-20-15-17(6-2-4-12-25)14-19(7-3-5-13-26)23(20)29-24(22)27;24-11-3-1-5-16-13-18(6-2-4-12-25)22-19(14-16)15-21(23(27)28-22)17-7-9-20(26)10-8-17/h8-11,14-16,25-26H,2-7,12-13H2,1H3;7-10,13-15,24-26H,1-6,11-12H2. The zero-order valence-corrected chi connectivity index (χ0v) is 32.7. The number of phenols is 1. The molecule has 0 atom stereocenters. The normalized spacial score (nSPS) is 11.2. The molecule has 6 rings (SSSR count). The SMILES string of the molecule is COc1ccc(-c2cc3cc(CCCCO)cc(CCCCO)c3oc2=O)cc1.O=c1oc2c(CCCCO)cc(CCCCO)cc2cc1-c1ccc(O)cc1. The number of hydrogen-bond donors (Lipinski definition) is 5. The number of phenolic OH excluding ortho intramolecular Hbond substituents is 1. The summed E-state index contributed by atoms with van der Waals surface area (Å²) in [4.78, 5) is 25.3. The second kappa shape index (κ2) is 21.9. The van der Waals surface area contributed by atoms with Gasteiger partial charge in [-0.05, 0) is 159 Å². The predicted molar refractivity (Wildman–Crippen MR) is 224 cm³/mol. The second-order valence-corrected chi connectivity index (χ2v) is 14.2. The van der Waals surface area contributed by atoms with Gasteiger partial charge in [0.1, 0.15) is 22.7 Å². The quantitative estimate of drug-likeness (QED) is 0.0402. The van der Waals surface area contributed by atoms with Crippen LogP contribution in [-0.2, 0) is 25.7 Å². The third-order valence-corrected chi connectivity index (χ3v) is 9.97. The van der Waals surface area contributed by atoms with Crippen LogP contribution in [0.1, 0.15) is 73.6 Å². The van der Waals surface area contributed by atoms with Crippen LogP contribution in [0.4, 0.5) is 0 Å². The van der Waals surface area contributed by atoms with Gasteiger partial charge in [-0.3, -0.25) is 0 Å². The van der Waals surface area contributed by atoms with Crippen molar-refractivity contribution in [2.75, 3.05) is 33.5 Å². The zero-order valence-electron chi connectivity index (χ0n) is 32.7. The number of aliphatic hydroxyl groups is 4. The van der Waals surface area contributed by atoms with Crippen molar-refractivity contribution < 1.29 is 39.1 Å². The van der Waals surface area contributed by atoms with E-state index in [-0.39, 0.29) is 37.8 Å². The van der Waals surface area contributed by atoms with Gasteiger partial charge in [0.2, 0.25) is 0 Å². The number of unbranched alkanes of at least 4 members (excludes halogenated alkanes) is 4. The minimum absolute atomic E-state index is 0.142. The summed E-state index contributed by atoms with van der Waals surface area (Å²) in [6.07, 6.45) is 9.54. The van der Waals surface area contributed by atoms with Crippen LogP contribution >= 0.6 is 0 Å². The number of aromatic hydroxyl groups is 1. The monoisotopic (exact) mass is 778 g/mol. The van der Waals surface area contributed by atoms with Crippen LogP contribution in [-0.4, -0.2) is 59.1 Å². The molecular weight excluding hydrogens is 725 g/mol. The maximum atomic E-state index is 12.7. The first-order valence-corrected chi connectivity index (χ1v) is 19.8. The molecule has 0 bridgehead atoms. The van der Waals surface area contributed by atoms with E-state index in [2.05, 4.69) is 18.2 Å². The van der Waals surface area contributed by atoms with Gasteiger partial charge in [0.15, 0.2) is 0 Å². The number of aliphatic hydroxyl groups excluding tert-OH is 4. The molecule has 0 unspecified atom stereocenters. The second-order valence-electron chi connectivity index (χ2n) is 14.2. The number of methoxy groups -OCH3 is 1. The van der Waals surface area contributed by atoms with Crippen molar-refractivity contribution in [1.82, 2.24) is 0 Å². The highest BCUT2D eigenvalue weighted by molar-refractivity contribution is 5.86. The molecule has 6 aromatic rings. The topological polar surface area (TPSA) is 171 Å². The van der Waals surface area contributed by atoms with Crippen molar-refractivity contribution in [3.05, 3.63) is 128 Å². The molecule has 0 saturated carbocycles. The molecule has 10 nitrogen and oxygen atoms in total. The maximum absolute atomic E-state index is 12.7. The van der Waals surface area contributed by atoms with Gasteiger partial charge >= 0.3 is 11.3 Å². The van der Waals surface area contributed by atoms with E-state index in [1.807, 2.05) is 42.5 Å². The van der Waals surface area contributed by atoms with Crippen molar-refractivity contribution in [3.8, 4) is 33.8 Å². The van der Waals surface area contributed by atoms with Crippen molar-refractivity contribution >= 4 is 21.9 Å². The first-order valence-electron chi connectivity index (χ1n) is 19.8. The highest BCUT2D eigenvalue weighted by atomic mass is 16.5. The Morgan fingerprint density at radius 3 is 1.26 bits per heavy atom. The third-order valence-electron chi connectivity index (χ3n) is 9.97. The van der Waals surface area contributed by atoms with Crippen LogP contribution in [0.15, 0.2) is 103 Å². The summed E-state index contributed by atoms with van der Waals surface area (Å²) < 4.78 is 16.6. The van der Waals surface area contributed by atoms with Gasteiger partial charge in [-0.2, -0.15) is 0 Å². The molecule has 0 saturated heterocycles. The maximum Gasteiger partial charge on any atom is 0.344 e. The Labute approximate surface area is 332 Å². The van der Waals surface area contributed by atoms with Crippen molar-refractivity contribution in [2.45, 2.75) is 77.0 Å². The average Bonchev–Trinajstić information content (AvgIpc) is 3.22. The Kier molecular flexibility index (Phi) is 16.5. The highest BCUT2D eigenvalue weighted by Crippen LogP contribution is 2.29. The van der Waals surface area contributed by atoms with Crippen molar-refractivity contribution in [2.24, 2.45) is 0 Å². The fourth-order valence-corrected chi connectivity index (χ4v) is 6.96. The molecular formula is C47H54O10. The molecule has 0 radical (unpaired) electrons. The summed E-state index contributed by atoms with van der Waals surface area (Å²) in [5.41, 5.74) is 7.18. The van der Waals surface area contributed by atoms with E-state index in [4.69, 9.17) is 34.0 Å². The summed E-state index contributed by atoms with van der Waals surface area (Å²) >= 11 is 0. The lowest BCUT2D eigenvalue weighted by Crippen LogP contribution is -2.05. The summed E-state index contributed by atoms with van der Waals surface area (Å²) in [5.74, 6) is 0.877. The zero-order chi connectivity index (χ0) is 40.6. The Balaban J connectivity index is 0.000000218. The Bertz CT molecular complexity index is 2290. The molecule has 0 fully saturated rings. The third kappa shape index (κ3) is 11.9. The molecule has 0 aliphatic rings. The fraction of sp³-hybridized carbons (Fsp3) is 0.362. The van der Waals surface area contributed by atoms with E-state index in [0.29, 0.717) is 40.7 Å². The van der Waals surface area contributed by atoms with E-state index in [9.17, 15) is 14.7 Å². The van der Waals surface area contributed by atoms with E-state index in [1.54, 1.807) is 31.4 Å². The van der Waals surface area contributed by atoms with Crippen LogP contribution in [0.3, 0.4) is 0 Å². The van der Waals surface area contributed by atoms with Crippen LogP contribution in [0.25, 0.3) is 44.2 Å². The van der Waals surface area contributed by atoms with E-state index >= 15 is 0 Å². The number of fused-ring (bicyclic) bond motifs is 2. The molecule has 5 N–H and O–H groups in total. The summed E-state index contributed by atoms with van der Waals surface area (Å²) in [6.45, 7) is 0.660.